The van der Waals surface area contributed by atoms with Crippen LogP contribution < -0.4 is 5.32 Å². The molecule has 2 amide bonds. The van der Waals surface area contributed by atoms with Gasteiger partial charge < -0.3 is 14.4 Å². The van der Waals surface area contributed by atoms with Gasteiger partial charge in [0.1, 0.15) is 12.2 Å². The lowest BCUT2D eigenvalue weighted by Crippen LogP contribution is -2.40. The molecule has 0 atom stereocenters. The molecule has 1 aliphatic rings. The highest BCUT2D eigenvalue weighted by atomic mass is 16.6. The molecule has 0 spiro atoms. The van der Waals surface area contributed by atoms with Gasteiger partial charge in [-0.3, -0.25) is 10.00 Å². The van der Waals surface area contributed by atoms with E-state index < -0.39 is 11.7 Å². The van der Waals surface area contributed by atoms with E-state index in [-0.39, 0.29) is 12.7 Å². The highest BCUT2D eigenvalue weighted by Crippen LogP contribution is 2.27. The molecular formula is C20H26N4O4. The van der Waals surface area contributed by atoms with Crippen molar-refractivity contribution in [3.8, 4) is 0 Å². The van der Waals surface area contributed by atoms with Crippen molar-refractivity contribution < 1.29 is 19.1 Å². The van der Waals surface area contributed by atoms with Crippen LogP contribution in [0.3, 0.4) is 0 Å². The minimum atomic E-state index is -0.584. The molecule has 2 aromatic rings. The van der Waals surface area contributed by atoms with Crippen LogP contribution in [-0.4, -0.2) is 39.0 Å². The third kappa shape index (κ3) is 4.82. The van der Waals surface area contributed by atoms with Crippen molar-refractivity contribution in [1.82, 2.24) is 14.7 Å². The summed E-state index contributed by atoms with van der Waals surface area (Å²) in [5, 5.41) is 7.08. The fourth-order valence-corrected chi connectivity index (χ4v) is 3.03. The Bertz CT molecular complexity index is 855. The second-order valence-corrected chi connectivity index (χ2v) is 7.74. The molecule has 0 saturated carbocycles. The lowest BCUT2D eigenvalue weighted by atomic mass is 10.1. The number of fused-ring (bicyclic) bond motifs is 1. The normalized spacial score (nSPS) is 13.6. The fourth-order valence-electron chi connectivity index (χ4n) is 3.03. The highest BCUT2D eigenvalue weighted by molar-refractivity contribution is 5.84. The fraction of sp³-hybridized carbons (Fsp3) is 0.450. The Balaban J connectivity index is 1.66. The number of hydrogen-bond donors (Lipinski definition) is 1. The highest BCUT2D eigenvalue weighted by Gasteiger charge is 2.30. The van der Waals surface area contributed by atoms with Crippen molar-refractivity contribution in [3.05, 3.63) is 47.2 Å². The van der Waals surface area contributed by atoms with E-state index in [1.54, 1.807) is 9.58 Å². The zero-order chi connectivity index (χ0) is 20.3. The van der Waals surface area contributed by atoms with Gasteiger partial charge in [0, 0.05) is 31.3 Å². The Labute approximate surface area is 164 Å². The molecule has 0 radical (unpaired) electrons. The molecule has 1 N–H and O–H groups in total. The van der Waals surface area contributed by atoms with Gasteiger partial charge in [-0.2, -0.15) is 5.10 Å². The topological polar surface area (TPSA) is 85.7 Å². The number of carbonyl (C=O) groups excluding carboxylic acids is 2. The maximum atomic E-state index is 12.4. The first kappa shape index (κ1) is 19.7. The minimum Gasteiger partial charge on any atom is -0.444 e. The van der Waals surface area contributed by atoms with Gasteiger partial charge in [0.15, 0.2) is 5.82 Å². The van der Waals surface area contributed by atoms with Crippen LogP contribution in [0.4, 0.5) is 15.4 Å². The van der Waals surface area contributed by atoms with E-state index in [1.165, 1.54) is 0 Å². The summed E-state index contributed by atoms with van der Waals surface area (Å²) in [6.45, 7) is 6.54. The van der Waals surface area contributed by atoms with E-state index in [9.17, 15) is 9.59 Å². The summed E-state index contributed by atoms with van der Waals surface area (Å²) in [6, 6.07) is 9.44. The van der Waals surface area contributed by atoms with Crippen molar-refractivity contribution in [2.24, 2.45) is 7.05 Å². The summed E-state index contributed by atoms with van der Waals surface area (Å²) in [5.41, 5.74) is 2.13. The first-order valence-electron chi connectivity index (χ1n) is 9.23. The van der Waals surface area contributed by atoms with E-state index >= 15 is 0 Å². The molecule has 1 aromatic heterocycles. The van der Waals surface area contributed by atoms with Crippen LogP contribution in [0.1, 0.15) is 37.6 Å². The molecule has 2 heterocycles. The number of nitrogens with zero attached hydrogens (tertiary/aromatic N) is 3. The van der Waals surface area contributed by atoms with Gasteiger partial charge in [0.05, 0.1) is 6.54 Å². The average Bonchev–Trinajstić information content (AvgIpc) is 2.94. The van der Waals surface area contributed by atoms with Gasteiger partial charge in [-0.15, -0.1) is 0 Å². The van der Waals surface area contributed by atoms with E-state index in [4.69, 9.17) is 9.47 Å². The number of ether oxygens (including phenoxy) is 2. The smallest absolute Gasteiger partial charge is 0.413 e. The van der Waals surface area contributed by atoms with Gasteiger partial charge >= 0.3 is 12.2 Å². The maximum absolute atomic E-state index is 12.4. The lowest BCUT2D eigenvalue weighted by Gasteiger charge is -2.30. The number of nitrogens with one attached hydrogen (secondary N) is 1. The molecule has 0 saturated heterocycles. The molecule has 8 heteroatoms. The summed E-state index contributed by atoms with van der Waals surface area (Å²) >= 11 is 0. The molecule has 3 rings (SSSR count). The summed E-state index contributed by atoms with van der Waals surface area (Å²) in [4.78, 5) is 26.2. The monoisotopic (exact) mass is 386 g/mol. The average molecular weight is 386 g/mol. The summed E-state index contributed by atoms with van der Waals surface area (Å²) in [7, 11) is 1.82. The second kappa shape index (κ2) is 7.92. The van der Waals surface area contributed by atoms with Gasteiger partial charge in [-0.1, -0.05) is 30.3 Å². The maximum Gasteiger partial charge on any atom is 0.413 e. The van der Waals surface area contributed by atoms with Gasteiger partial charge in [-0.25, -0.2) is 9.59 Å². The Morgan fingerprint density at radius 1 is 1.21 bits per heavy atom. The number of aryl methyl sites for hydroxylation is 1. The van der Waals surface area contributed by atoms with Crippen LogP contribution >= 0.6 is 0 Å². The Kier molecular flexibility index (Phi) is 5.58. The summed E-state index contributed by atoms with van der Waals surface area (Å²) in [6.07, 6.45) is -0.322. The molecular weight excluding hydrogens is 360 g/mol. The number of benzene rings is 1. The van der Waals surface area contributed by atoms with E-state index in [1.807, 2.05) is 58.2 Å². The molecule has 150 valence electrons. The van der Waals surface area contributed by atoms with E-state index in [0.717, 1.165) is 16.8 Å². The molecule has 8 nitrogen and oxygen atoms in total. The van der Waals surface area contributed by atoms with Gasteiger partial charge in [0.25, 0.3) is 0 Å². The van der Waals surface area contributed by atoms with Crippen LogP contribution in [-0.2, 0) is 36.1 Å². The number of anilines is 1. The second-order valence-electron chi connectivity index (χ2n) is 7.74. The summed E-state index contributed by atoms with van der Waals surface area (Å²) < 4.78 is 12.5. The van der Waals surface area contributed by atoms with Crippen molar-refractivity contribution in [2.75, 3.05) is 11.9 Å². The van der Waals surface area contributed by atoms with Crippen LogP contribution in [0.2, 0.25) is 0 Å². The Morgan fingerprint density at radius 2 is 1.93 bits per heavy atom. The zero-order valence-electron chi connectivity index (χ0n) is 16.7. The number of rotatable bonds is 3. The van der Waals surface area contributed by atoms with E-state index in [2.05, 4.69) is 10.4 Å². The molecule has 1 aliphatic heterocycles. The molecule has 0 bridgehead atoms. The van der Waals surface area contributed by atoms with Gasteiger partial charge in [0.2, 0.25) is 0 Å². The summed E-state index contributed by atoms with van der Waals surface area (Å²) in [5.74, 6) is 0.406. The first-order chi connectivity index (χ1) is 13.2. The minimum absolute atomic E-state index is 0.172. The van der Waals surface area contributed by atoms with Crippen molar-refractivity contribution in [1.29, 1.82) is 0 Å². The number of carbonyl (C=O) groups is 2. The molecule has 28 heavy (non-hydrogen) atoms. The number of hydrogen-bond acceptors (Lipinski definition) is 5. The largest absolute Gasteiger partial charge is 0.444 e. The van der Waals surface area contributed by atoms with Crippen molar-refractivity contribution >= 4 is 18.0 Å². The Morgan fingerprint density at radius 3 is 2.61 bits per heavy atom. The predicted molar refractivity (Wildman–Crippen MR) is 104 cm³/mol. The van der Waals surface area contributed by atoms with Crippen LogP contribution in [0.5, 0.6) is 0 Å². The third-order valence-electron chi connectivity index (χ3n) is 4.33. The molecule has 0 unspecified atom stereocenters. The standard InChI is InChI=1S/C20H26N4O4/c1-20(2,3)28-19(26)24-11-10-16-15(12-24)17(22-23(16)4)21-18(25)27-13-14-8-6-5-7-9-14/h5-9H,10-13H2,1-4H3,(H,21,22,25). The van der Waals surface area contributed by atoms with Crippen molar-refractivity contribution in [3.63, 3.8) is 0 Å². The van der Waals surface area contributed by atoms with Crippen LogP contribution in [0.15, 0.2) is 30.3 Å². The van der Waals surface area contributed by atoms with Crippen LogP contribution in [0, 0.1) is 0 Å². The number of aromatic nitrogens is 2. The SMILES string of the molecule is Cn1nc(NC(=O)OCc2ccccc2)c2c1CCN(C(=O)OC(C)(C)C)C2. The third-order valence-corrected chi connectivity index (χ3v) is 4.33. The first-order valence-corrected chi connectivity index (χ1v) is 9.23. The Hall–Kier alpha value is -3.03. The molecule has 0 fully saturated rings. The lowest BCUT2D eigenvalue weighted by molar-refractivity contribution is 0.0223. The predicted octanol–water partition coefficient (Wildman–Crippen LogP) is 3.46. The van der Waals surface area contributed by atoms with E-state index in [0.29, 0.717) is 25.3 Å². The van der Waals surface area contributed by atoms with Gasteiger partial charge in [-0.05, 0) is 26.3 Å². The van der Waals surface area contributed by atoms with Crippen LogP contribution in [0.25, 0.3) is 0 Å². The zero-order valence-corrected chi connectivity index (χ0v) is 16.7. The quantitative estimate of drug-likeness (QED) is 0.873. The molecule has 1 aromatic carbocycles. The molecule has 0 aliphatic carbocycles. The van der Waals surface area contributed by atoms with Crippen molar-refractivity contribution in [2.45, 2.75) is 45.9 Å². The number of amides is 2.